The lowest BCUT2D eigenvalue weighted by molar-refractivity contribution is 0.548. The van der Waals surface area contributed by atoms with Gasteiger partial charge in [-0.1, -0.05) is 0 Å². The summed E-state index contributed by atoms with van der Waals surface area (Å²) >= 11 is 0. The SMILES string of the molecule is Cc1[nH]cnc1CNC1CCS(=O)(=O)C1. The lowest BCUT2D eigenvalue weighted by Crippen LogP contribution is -2.29. The second kappa shape index (κ2) is 3.94. The summed E-state index contributed by atoms with van der Waals surface area (Å²) in [7, 11) is -2.79. The summed E-state index contributed by atoms with van der Waals surface area (Å²) < 4.78 is 22.4. The van der Waals surface area contributed by atoms with Gasteiger partial charge in [0.05, 0.1) is 23.5 Å². The lowest BCUT2D eigenvalue weighted by Gasteiger charge is -2.09. The molecule has 1 aliphatic rings. The molecule has 6 heteroatoms. The third-order valence-electron chi connectivity index (χ3n) is 2.72. The van der Waals surface area contributed by atoms with Gasteiger partial charge in [0.15, 0.2) is 9.84 Å². The number of aromatic nitrogens is 2. The number of H-pyrrole nitrogens is 1. The number of hydrogen-bond acceptors (Lipinski definition) is 4. The largest absolute Gasteiger partial charge is 0.348 e. The Hall–Kier alpha value is -0.880. The Bertz CT molecular complexity index is 438. The number of rotatable bonds is 3. The van der Waals surface area contributed by atoms with Gasteiger partial charge in [0.2, 0.25) is 0 Å². The van der Waals surface area contributed by atoms with Crippen LogP contribution in [0.5, 0.6) is 0 Å². The molecule has 1 aromatic heterocycles. The molecule has 0 spiro atoms. The molecule has 2 rings (SSSR count). The molecule has 1 aliphatic heterocycles. The number of imidazole rings is 1. The van der Waals surface area contributed by atoms with Gasteiger partial charge in [-0.15, -0.1) is 0 Å². The lowest BCUT2D eigenvalue weighted by atomic mass is 10.2. The monoisotopic (exact) mass is 229 g/mol. The minimum atomic E-state index is -2.79. The number of aromatic amines is 1. The van der Waals surface area contributed by atoms with Crippen molar-refractivity contribution in [1.29, 1.82) is 0 Å². The van der Waals surface area contributed by atoms with Gasteiger partial charge in [0.25, 0.3) is 0 Å². The Morgan fingerprint density at radius 2 is 2.47 bits per heavy atom. The molecule has 1 atom stereocenters. The van der Waals surface area contributed by atoms with Crippen LogP contribution < -0.4 is 5.32 Å². The maximum absolute atomic E-state index is 11.2. The molecular weight excluding hydrogens is 214 g/mol. The van der Waals surface area contributed by atoms with Crippen molar-refractivity contribution in [3.05, 3.63) is 17.7 Å². The van der Waals surface area contributed by atoms with Crippen LogP contribution in [-0.2, 0) is 16.4 Å². The Morgan fingerprint density at radius 1 is 1.67 bits per heavy atom. The highest BCUT2D eigenvalue weighted by Gasteiger charge is 2.27. The summed E-state index contributed by atoms with van der Waals surface area (Å²) in [6.07, 6.45) is 2.36. The number of nitrogens with zero attached hydrogens (tertiary/aromatic N) is 1. The molecule has 1 saturated heterocycles. The van der Waals surface area contributed by atoms with Crippen molar-refractivity contribution in [2.75, 3.05) is 11.5 Å². The van der Waals surface area contributed by atoms with Crippen LogP contribution in [0.15, 0.2) is 6.33 Å². The highest BCUT2D eigenvalue weighted by atomic mass is 32.2. The highest BCUT2D eigenvalue weighted by molar-refractivity contribution is 7.91. The maximum Gasteiger partial charge on any atom is 0.151 e. The maximum atomic E-state index is 11.2. The Morgan fingerprint density at radius 3 is 3.00 bits per heavy atom. The highest BCUT2D eigenvalue weighted by Crippen LogP contribution is 2.12. The summed E-state index contributed by atoms with van der Waals surface area (Å²) in [6, 6.07) is 0.0890. The van der Waals surface area contributed by atoms with Gasteiger partial charge in [-0.3, -0.25) is 0 Å². The van der Waals surface area contributed by atoms with Crippen LogP contribution in [0.4, 0.5) is 0 Å². The summed E-state index contributed by atoms with van der Waals surface area (Å²) in [5.41, 5.74) is 1.99. The van der Waals surface area contributed by atoms with Crippen LogP contribution in [0.25, 0.3) is 0 Å². The van der Waals surface area contributed by atoms with Gasteiger partial charge in [0.1, 0.15) is 0 Å². The average molecular weight is 229 g/mol. The van der Waals surface area contributed by atoms with Crippen molar-refractivity contribution in [1.82, 2.24) is 15.3 Å². The van der Waals surface area contributed by atoms with Gasteiger partial charge in [0, 0.05) is 18.3 Å². The molecule has 1 aromatic rings. The van der Waals surface area contributed by atoms with Gasteiger partial charge >= 0.3 is 0 Å². The smallest absolute Gasteiger partial charge is 0.151 e. The Kier molecular flexibility index (Phi) is 2.79. The fourth-order valence-electron chi connectivity index (χ4n) is 1.76. The summed E-state index contributed by atoms with van der Waals surface area (Å²) in [5, 5.41) is 3.22. The molecule has 0 amide bonds. The van der Waals surface area contributed by atoms with Gasteiger partial charge in [-0.25, -0.2) is 13.4 Å². The van der Waals surface area contributed by atoms with E-state index >= 15 is 0 Å². The van der Waals surface area contributed by atoms with Crippen LogP contribution in [0, 0.1) is 6.92 Å². The molecule has 15 heavy (non-hydrogen) atoms. The van der Waals surface area contributed by atoms with E-state index in [-0.39, 0.29) is 11.8 Å². The number of sulfone groups is 1. The first-order chi connectivity index (χ1) is 7.07. The molecule has 0 radical (unpaired) electrons. The molecule has 0 aliphatic carbocycles. The number of hydrogen-bond donors (Lipinski definition) is 2. The minimum absolute atomic E-state index is 0.0890. The van der Waals surface area contributed by atoms with Crippen LogP contribution >= 0.6 is 0 Å². The van der Waals surface area contributed by atoms with E-state index in [1.165, 1.54) is 0 Å². The fourth-order valence-corrected chi connectivity index (χ4v) is 3.47. The van der Waals surface area contributed by atoms with Gasteiger partial charge in [-0.2, -0.15) is 0 Å². The van der Waals surface area contributed by atoms with Crippen molar-refractivity contribution in [2.24, 2.45) is 0 Å². The molecule has 0 saturated carbocycles. The molecule has 84 valence electrons. The molecular formula is C9H15N3O2S. The van der Waals surface area contributed by atoms with Gasteiger partial charge < -0.3 is 10.3 Å². The third-order valence-corrected chi connectivity index (χ3v) is 4.49. The van der Waals surface area contributed by atoms with Crippen LogP contribution in [0.1, 0.15) is 17.8 Å². The fraction of sp³-hybridized carbons (Fsp3) is 0.667. The molecule has 0 bridgehead atoms. The molecule has 1 fully saturated rings. The first-order valence-corrected chi connectivity index (χ1v) is 6.81. The van der Waals surface area contributed by atoms with E-state index in [1.807, 2.05) is 6.92 Å². The van der Waals surface area contributed by atoms with Crippen LogP contribution in [0.2, 0.25) is 0 Å². The van der Waals surface area contributed by atoms with E-state index in [1.54, 1.807) is 6.33 Å². The molecule has 2 heterocycles. The predicted molar refractivity (Wildman–Crippen MR) is 57.2 cm³/mol. The van der Waals surface area contributed by atoms with Crippen molar-refractivity contribution in [3.63, 3.8) is 0 Å². The zero-order chi connectivity index (χ0) is 10.9. The Labute approximate surface area is 89.2 Å². The quantitative estimate of drug-likeness (QED) is 0.764. The summed E-state index contributed by atoms with van der Waals surface area (Å²) in [6.45, 7) is 2.59. The minimum Gasteiger partial charge on any atom is -0.348 e. The summed E-state index contributed by atoms with van der Waals surface area (Å²) in [5.74, 6) is 0.570. The van der Waals surface area contributed by atoms with E-state index in [4.69, 9.17) is 0 Å². The molecule has 5 nitrogen and oxygen atoms in total. The molecule has 0 aromatic carbocycles. The van der Waals surface area contributed by atoms with E-state index < -0.39 is 9.84 Å². The standard InChI is InChI=1S/C9H15N3O2S/c1-7-9(12-6-11-7)4-10-8-2-3-15(13,14)5-8/h6,8,10H,2-5H2,1H3,(H,11,12). The third kappa shape index (κ3) is 2.57. The first kappa shape index (κ1) is 10.6. The normalized spacial score (nSPS) is 24.5. The zero-order valence-electron chi connectivity index (χ0n) is 8.66. The number of nitrogens with one attached hydrogen (secondary N) is 2. The first-order valence-electron chi connectivity index (χ1n) is 4.99. The second-order valence-electron chi connectivity index (χ2n) is 3.96. The number of aryl methyl sites for hydroxylation is 1. The Balaban J connectivity index is 1.88. The topological polar surface area (TPSA) is 74.8 Å². The van der Waals surface area contributed by atoms with E-state index in [0.29, 0.717) is 18.7 Å². The molecule has 2 N–H and O–H groups in total. The van der Waals surface area contributed by atoms with E-state index in [0.717, 1.165) is 11.4 Å². The average Bonchev–Trinajstić information content (AvgIpc) is 2.69. The van der Waals surface area contributed by atoms with Crippen molar-refractivity contribution in [2.45, 2.75) is 25.9 Å². The molecule has 1 unspecified atom stereocenters. The van der Waals surface area contributed by atoms with Gasteiger partial charge in [-0.05, 0) is 13.3 Å². The predicted octanol–water partition coefficient (Wildman–Crippen LogP) is -0.00518. The second-order valence-corrected chi connectivity index (χ2v) is 6.18. The zero-order valence-corrected chi connectivity index (χ0v) is 9.47. The van der Waals surface area contributed by atoms with E-state index in [2.05, 4.69) is 15.3 Å². The van der Waals surface area contributed by atoms with Crippen molar-refractivity contribution >= 4 is 9.84 Å². The van der Waals surface area contributed by atoms with Crippen molar-refractivity contribution < 1.29 is 8.42 Å². The van der Waals surface area contributed by atoms with Crippen LogP contribution in [0.3, 0.4) is 0 Å². The van der Waals surface area contributed by atoms with Crippen LogP contribution in [-0.4, -0.2) is 35.9 Å². The van der Waals surface area contributed by atoms with Crippen molar-refractivity contribution in [3.8, 4) is 0 Å². The summed E-state index contributed by atoms with van der Waals surface area (Å²) in [4.78, 5) is 7.14. The van der Waals surface area contributed by atoms with E-state index in [9.17, 15) is 8.42 Å².